The first-order valence-electron chi connectivity index (χ1n) is 4.66. The van der Waals surface area contributed by atoms with Crippen LogP contribution in [0.25, 0.3) is 0 Å². The van der Waals surface area contributed by atoms with Crippen LogP contribution >= 0.6 is 11.3 Å². The van der Waals surface area contributed by atoms with E-state index in [2.05, 4.69) is 18.4 Å². The van der Waals surface area contributed by atoms with Gasteiger partial charge in [-0.25, -0.2) is 0 Å². The van der Waals surface area contributed by atoms with Gasteiger partial charge in [-0.05, 0) is 36.1 Å². The Kier molecular flexibility index (Phi) is 2.60. The molecule has 0 amide bonds. The van der Waals surface area contributed by atoms with Gasteiger partial charge in [-0.2, -0.15) is 0 Å². The van der Waals surface area contributed by atoms with Gasteiger partial charge in [-0.3, -0.25) is 4.79 Å². The van der Waals surface area contributed by atoms with Crippen molar-refractivity contribution in [2.24, 2.45) is 0 Å². The molecule has 0 saturated heterocycles. The van der Waals surface area contributed by atoms with Crippen molar-refractivity contribution in [2.45, 2.75) is 13.5 Å². The minimum Gasteiger partial charge on any atom is -0.394 e. The number of rotatable bonds is 2. The normalized spacial score (nSPS) is 10.5. The molecule has 0 radical (unpaired) electrons. The van der Waals surface area contributed by atoms with Gasteiger partial charge in [0.15, 0.2) is 0 Å². The van der Waals surface area contributed by atoms with Gasteiger partial charge in [0.1, 0.15) is 0 Å². The Morgan fingerprint density at radius 1 is 1.53 bits per heavy atom. The van der Waals surface area contributed by atoms with E-state index in [9.17, 15) is 4.79 Å². The molecule has 3 nitrogen and oxygen atoms in total. The molecule has 0 saturated carbocycles. The zero-order valence-electron chi connectivity index (χ0n) is 8.43. The summed E-state index contributed by atoms with van der Waals surface area (Å²) in [5.74, 6) is 0. The molecule has 2 N–H and O–H groups in total. The summed E-state index contributed by atoms with van der Waals surface area (Å²) < 4.78 is 1.62. The molecule has 0 aliphatic carbocycles. The second-order valence-electron chi connectivity index (χ2n) is 3.46. The summed E-state index contributed by atoms with van der Waals surface area (Å²) in [6.07, 6.45) is 1.76. The second kappa shape index (κ2) is 3.90. The van der Waals surface area contributed by atoms with Crippen molar-refractivity contribution >= 4 is 17.0 Å². The molecule has 0 unspecified atom stereocenters. The topological polar surface area (TPSA) is 48.0 Å². The summed E-state index contributed by atoms with van der Waals surface area (Å²) >= 11 is 1.69. The Morgan fingerprint density at radius 2 is 2.33 bits per heavy atom. The standard InChI is InChI=1S/C11H12N2OS/c1-8-5-9(7-15-8)6-13-4-2-3-10(12)11(13)14/h2-5,7H,6,12H2,1H3. The molecule has 2 rings (SSSR count). The van der Waals surface area contributed by atoms with Crippen LogP contribution in [0.1, 0.15) is 10.4 Å². The van der Waals surface area contributed by atoms with E-state index in [4.69, 9.17) is 5.73 Å². The van der Waals surface area contributed by atoms with Crippen molar-refractivity contribution in [3.8, 4) is 0 Å². The Labute approximate surface area is 91.8 Å². The number of hydrogen-bond acceptors (Lipinski definition) is 3. The number of nitrogen functional groups attached to an aromatic ring is 1. The molecule has 2 aromatic heterocycles. The van der Waals surface area contributed by atoms with Gasteiger partial charge in [-0.15, -0.1) is 11.3 Å². The summed E-state index contributed by atoms with van der Waals surface area (Å²) in [6, 6.07) is 5.49. The molecule has 2 heterocycles. The van der Waals surface area contributed by atoms with Crippen LogP contribution in [0.2, 0.25) is 0 Å². The van der Waals surface area contributed by atoms with Crippen LogP contribution in [-0.2, 0) is 6.54 Å². The highest BCUT2D eigenvalue weighted by atomic mass is 32.1. The maximum Gasteiger partial charge on any atom is 0.273 e. The first-order valence-corrected chi connectivity index (χ1v) is 5.54. The average Bonchev–Trinajstić information content (AvgIpc) is 2.59. The van der Waals surface area contributed by atoms with E-state index in [0.29, 0.717) is 12.2 Å². The van der Waals surface area contributed by atoms with Gasteiger partial charge in [-0.1, -0.05) is 0 Å². The van der Waals surface area contributed by atoms with Crippen molar-refractivity contribution in [3.63, 3.8) is 0 Å². The van der Waals surface area contributed by atoms with Gasteiger partial charge in [0.2, 0.25) is 0 Å². The lowest BCUT2D eigenvalue weighted by Gasteiger charge is -2.03. The van der Waals surface area contributed by atoms with Crippen molar-refractivity contribution in [2.75, 3.05) is 5.73 Å². The Hall–Kier alpha value is -1.55. The van der Waals surface area contributed by atoms with E-state index < -0.39 is 0 Å². The van der Waals surface area contributed by atoms with Gasteiger partial charge >= 0.3 is 0 Å². The number of aromatic nitrogens is 1. The third-order valence-electron chi connectivity index (χ3n) is 2.19. The molecular weight excluding hydrogens is 208 g/mol. The van der Waals surface area contributed by atoms with E-state index in [1.807, 2.05) is 0 Å². The van der Waals surface area contributed by atoms with Crippen molar-refractivity contribution in [3.05, 3.63) is 50.6 Å². The van der Waals surface area contributed by atoms with Crippen LogP contribution in [-0.4, -0.2) is 4.57 Å². The number of nitrogens with two attached hydrogens (primary N) is 1. The molecule has 0 aromatic carbocycles. The molecule has 0 bridgehead atoms. The zero-order chi connectivity index (χ0) is 10.8. The number of aryl methyl sites for hydroxylation is 1. The maximum atomic E-state index is 11.6. The lowest BCUT2D eigenvalue weighted by molar-refractivity contribution is 0.764. The van der Waals surface area contributed by atoms with Gasteiger partial charge < -0.3 is 10.3 Å². The number of pyridine rings is 1. The van der Waals surface area contributed by atoms with Crippen LogP contribution in [0.4, 0.5) is 5.69 Å². The molecule has 0 atom stereocenters. The average molecular weight is 220 g/mol. The van der Waals surface area contributed by atoms with Gasteiger partial charge in [0.25, 0.3) is 5.56 Å². The Bertz CT molecular complexity index is 527. The quantitative estimate of drug-likeness (QED) is 0.839. The first kappa shape index (κ1) is 9.98. The largest absolute Gasteiger partial charge is 0.394 e. The lowest BCUT2D eigenvalue weighted by Crippen LogP contribution is -2.22. The summed E-state index contributed by atoms with van der Waals surface area (Å²) in [4.78, 5) is 12.9. The predicted molar refractivity (Wildman–Crippen MR) is 63.3 cm³/mol. The van der Waals surface area contributed by atoms with Gasteiger partial charge in [0.05, 0.1) is 12.2 Å². The van der Waals surface area contributed by atoms with E-state index >= 15 is 0 Å². The Morgan fingerprint density at radius 3 is 3.00 bits per heavy atom. The molecule has 0 aliphatic rings. The third-order valence-corrected chi connectivity index (χ3v) is 3.10. The van der Waals surface area contributed by atoms with Crippen molar-refractivity contribution in [1.29, 1.82) is 0 Å². The van der Waals surface area contributed by atoms with E-state index in [1.54, 1.807) is 34.2 Å². The number of hydrogen-bond donors (Lipinski definition) is 1. The van der Waals surface area contributed by atoms with Gasteiger partial charge in [0, 0.05) is 11.1 Å². The molecular formula is C11H12N2OS. The SMILES string of the molecule is Cc1cc(Cn2cccc(N)c2=O)cs1. The molecule has 0 aliphatic heterocycles. The molecule has 0 spiro atoms. The highest BCUT2D eigenvalue weighted by molar-refractivity contribution is 7.10. The van der Waals surface area contributed by atoms with Crippen LogP contribution in [0.5, 0.6) is 0 Å². The number of anilines is 1. The van der Waals surface area contributed by atoms with Crippen LogP contribution in [0, 0.1) is 6.92 Å². The fourth-order valence-electron chi connectivity index (χ4n) is 1.46. The number of nitrogens with zero attached hydrogens (tertiary/aromatic N) is 1. The minimum atomic E-state index is -0.124. The van der Waals surface area contributed by atoms with E-state index in [-0.39, 0.29) is 5.56 Å². The summed E-state index contributed by atoms with van der Waals surface area (Å²) in [6.45, 7) is 2.64. The van der Waals surface area contributed by atoms with Crippen LogP contribution in [0.3, 0.4) is 0 Å². The van der Waals surface area contributed by atoms with Crippen LogP contribution in [0.15, 0.2) is 34.6 Å². The Balaban J connectivity index is 2.32. The summed E-state index contributed by atoms with van der Waals surface area (Å²) in [5.41, 5.74) is 6.86. The summed E-state index contributed by atoms with van der Waals surface area (Å²) in [5, 5.41) is 2.06. The van der Waals surface area contributed by atoms with E-state index in [1.165, 1.54) is 4.88 Å². The summed E-state index contributed by atoms with van der Waals surface area (Å²) in [7, 11) is 0. The monoisotopic (exact) mass is 220 g/mol. The van der Waals surface area contributed by atoms with Crippen LogP contribution < -0.4 is 11.3 Å². The van der Waals surface area contributed by atoms with E-state index in [0.717, 1.165) is 5.56 Å². The van der Waals surface area contributed by atoms with Crippen molar-refractivity contribution in [1.82, 2.24) is 4.57 Å². The second-order valence-corrected chi connectivity index (χ2v) is 4.58. The molecule has 0 fully saturated rings. The molecule has 15 heavy (non-hydrogen) atoms. The maximum absolute atomic E-state index is 11.6. The third kappa shape index (κ3) is 2.10. The predicted octanol–water partition coefficient (Wildman–Crippen LogP) is 1.85. The molecule has 2 aromatic rings. The number of thiophene rings is 1. The fourth-order valence-corrected chi connectivity index (χ4v) is 2.16. The zero-order valence-corrected chi connectivity index (χ0v) is 9.25. The molecule has 4 heteroatoms. The highest BCUT2D eigenvalue weighted by Gasteiger charge is 2.01. The highest BCUT2D eigenvalue weighted by Crippen LogP contribution is 2.13. The fraction of sp³-hybridized carbons (Fsp3) is 0.182. The first-order chi connectivity index (χ1) is 7.16. The van der Waals surface area contributed by atoms with Crippen molar-refractivity contribution < 1.29 is 0 Å². The minimum absolute atomic E-state index is 0.124. The smallest absolute Gasteiger partial charge is 0.273 e. The molecule has 78 valence electrons. The lowest BCUT2D eigenvalue weighted by atomic mass is 10.3.